The molecule has 9 heteroatoms. The van der Waals surface area contributed by atoms with Gasteiger partial charge in [0.25, 0.3) is 0 Å². The summed E-state index contributed by atoms with van der Waals surface area (Å²) in [5.74, 6) is 0. The molecule has 1 fully saturated rings. The molecule has 1 aromatic heterocycles. The molecule has 19 heavy (non-hydrogen) atoms. The third kappa shape index (κ3) is 3.34. The van der Waals surface area contributed by atoms with Crippen molar-refractivity contribution in [3.05, 3.63) is 12.4 Å². The molecule has 0 radical (unpaired) electrons. The number of hydrogen-bond donors (Lipinski definition) is 1. The molecule has 2 N–H and O–H groups in total. The van der Waals surface area contributed by atoms with Crippen LogP contribution in [0.2, 0.25) is 0 Å². The van der Waals surface area contributed by atoms with Crippen LogP contribution in [-0.2, 0) is 19.9 Å². The molecular formula is C10H17N3O4S2. The zero-order valence-corrected chi connectivity index (χ0v) is 12.2. The summed E-state index contributed by atoms with van der Waals surface area (Å²) in [6.07, 6.45) is 6.48. The van der Waals surface area contributed by atoms with Gasteiger partial charge in [-0.1, -0.05) is 6.42 Å². The SMILES string of the molecule is CS(=O)(=O)C1CCCC(n2cc(S(N)(=O)=O)cn2)C1. The Labute approximate surface area is 112 Å². The minimum Gasteiger partial charge on any atom is -0.268 e. The van der Waals surface area contributed by atoms with E-state index in [0.29, 0.717) is 12.8 Å². The van der Waals surface area contributed by atoms with E-state index in [1.807, 2.05) is 0 Å². The number of sulfone groups is 1. The fourth-order valence-corrected chi connectivity index (χ4v) is 4.03. The molecule has 0 bridgehead atoms. The molecule has 2 atom stereocenters. The highest BCUT2D eigenvalue weighted by Crippen LogP contribution is 2.31. The van der Waals surface area contributed by atoms with Gasteiger partial charge < -0.3 is 0 Å². The molecule has 1 aromatic rings. The lowest BCUT2D eigenvalue weighted by Crippen LogP contribution is -2.29. The van der Waals surface area contributed by atoms with Crippen molar-refractivity contribution in [2.24, 2.45) is 5.14 Å². The average molecular weight is 307 g/mol. The van der Waals surface area contributed by atoms with Crippen LogP contribution in [0.4, 0.5) is 0 Å². The van der Waals surface area contributed by atoms with Crippen LogP contribution in [0, 0.1) is 0 Å². The summed E-state index contributed by atoms with van der Waals surface area (Å²) in [6, 6.07) is -0.0935. The summed E-state index contributed by atoms with van der Waals surface area (Å²) >= 11 is 0. The fraction of sp³-hybridized carbons (Fsp3) is 0.700. The van der Waals surface area contributed by atoms with Crippen LogP contribution in [-0.4, -0.2) is 38.1 Å². The molecule has 108 valence electrons. The van der Waals surface area contributed by atoms with Crippen LogP contribution < -0.4 is 5.14 Å². The summed E-state index contributed by atoms with van der Waals surface area (Å²) < 4.78 is 47.0. The molecular weight excluding hydrogens is 290 g/mol. The van der Waals surface area contributed by atoms with Crippen molar-refractivity contribution < 1.29 is 16.8 Å². The highest BCUT2D eigenvalue weighted by Gasteiger charge is 2.30. The number of rotatable bonds is 3. The summed E-state index contributed by atoms with van der Waals surface area (Å²) in [5, 5.41) is 8.62. The van der Waals surface area contributed by atoms with Gasteiger partial charge >= 0.3 is 0 Å². The van der Waals surface area contributed by atoms with Crippen LogP contribution in [0.1, 0.15) is 31.7 Å². The van der Waals surface area contributed by atoms with Crippen molar-refractivity contribution in [2.45, 2.75) is 41.9 Å². The molecule has 1 heterocycles. The van der Waals surface area contributed by atoms with Gasteiger partial charge in [0.2, 0.25) is 10.0 Å². The van der Waals surface area contributed by atoms with Crippen molar-refractivity contribution in [2.75, 3.05) is 6.26 Å². The second-order valence-corrected chi connectivity index (χ2v) is 8.86. The quantitative estimate of drug-likeness (QED) is 0.848. The van der Waals surface area contributed by atoms with E-state index < -0.39 is 19.9 Å². The Bertz CT molecular complexity index is 663. The Kier molecular flexibility index (Phi) is 3.72. The molecule has 1 saturated carbocycles. The van der Waals surface area contributed by atoms with Gasteiger partial charge in [-0.3, -0.25) is 4.68 Å². The molecule has 1 aliphatic rings. The maximum Gasteiger partial charge on any atom is 0.241 e. The maximum absolute atomic E-state index is 11.6. The molecule has 2 rings (SSSR count). The lowest BCUT2D eigenvalue weighted by Gasteiger charge is -2.28. The highest BCUT2D eigenvalue weighted by molar-refractivity contribution is 7.91. The minimum atomic E-state index is -3.76. The number of hydrogen-bond acceptors (Lipinski definition) is 5. The number of sulfonamides is 1. The summed E-state index contributed by atoms with van der Waals surface area (Å²) in [6.45, 7) is 0. The van der Waals surface area contributed by atoms with E-state index in [9.17, 15) is 16.8 Å². The molecule has 0 spiro atoms. The van der Waals surface area contributed by atoms with Gasteiger partial charge in [-0.25, -0.2) is 22.0 Å². The Hall–Kier alpha value is -0.930. The van der Waals surface area contributed by atoms with E-state index in [-0.39, 0.29) is 16.2 Å². The first-order chi connectivity index (χ1) is 8.68. The highest BCUT2D eigenvalue weighted by atomic mass is 32.2. The zero-order chi connectivity index (χ0) is 14.3. The number of primary sulfonamides is 1. The van der Waals surface area contributed by atoms with E-state index in [0.717, 1.165) is 12.8 Å². The van der Waals surface area contributed by atoms with Gasteiger partial charge in [0.15, 0.2) is 0 Å². The second kappa shape index (κ2) is 4.88. The Morgan fingerprint density at radius 3 is 2.53 bits per heavy atom. The van der Waals surface area contributed by atoms with Crippen LogP contribution in [0.5, 0.6) is 0 Å². The van der Waals surface area contributed by atoms with E-state index in [2.05, 4.69) is 5.10 Å². The Morgan fingerprint density at radius 2 is 2.00 bits per heavy atom. The van der Waals surface area contributed by atoms with Crippen molar-refractivity contribution >= 4 is 19.9 Å². The molecule has 2 unspecified atom stereocenters. The predicted octanol–water partition coefficient (Wildman–Crippen LogP) is 0.0588. The lowest BCUT2D eigenvalue weighted by atomic mass is 9.95. The summed E-state index contributed by atoms with van der Waals surface area (Å²) in [4.78, 5) is -0.0472. The van der Waals surface area contributed by atoms with Crippen molar-refractivity contribution in [1.29, 1.82) is 0 Å². The summed E-state index contributed by atoms with van der Waals surface area (Å²) in [7, 11) is -6.84. The van der Waals surface area contributed by atoms with Crippen molar-refractivity contribution in [3.8, 4) is 0 Å². The zero-order valence-electron chi connectivity index (χ0n) is 10.6. The van der Waals surface area contributed by atoms with Crippen LogP contribution >= 0.6 is 0 Å². The van der Waals surface area contributed by atoms with Gasteiger partial charge in [0.05, 0.1) is 17.5 Å². The van der Waals surface area contributed by atoms with E-state index in [1.54, 1.807) is 0 Å². The second-order valence-electron chi connectivity index (χ2n) is 4.97. The number of nitrogens with two attached hydrogens (primary N) is 1. The monoisotopic (exact) mass is 307 g/mol. The fourth-order valence-electron chi connectivity index (χ4n) is 2.42. The first-order valence-electron chi connectivity index (χ1n) is 5.94. The van der Waals surface area contributed by atoms with Crippen LogP contribution in [0.25, 0.3) is 0 Å². The lowest BCUT2D eigenvalue weighted by molar-refractivity contribution is 0.329. The van der Waals surface area contributed by atoms with Gasteiger partial charge in [0.1, 0.15) is 14.7 Å². The smallest absolute Gasteiger partial charge is 0.241 e. The van der Waals surface area contributed by atoms with Crippen LogP contribution in [0.15, 0.2) is 17.3 Å². The molecule has 7 nitrogen and oxygen atoms in total. The number of nitrogens with zero attached hydrogens (tertiary/aromatic N) is 2. The minimum absolute atomic E-state index is 0.0472. The van der Waals surface area contributed by atoms with Gasteiger partial charge in [-0.05, 0) is 19.3 Å². The standard InChI is InChI=1S/C10H17N3O4S2/c1-18(14,15)9-4-2-3-8(5-9)13-7-10(6-12-13)19(11,16)17/h6-9H,2-5H2,1H3,(H2,11,16,17). The number of aromatic nitrogens is 2. The molecule has 1 aliphatic carbocycles. The van der Waals surface area contributed by atoms with E-state index in [1.165, 1.54) is 23.3 Å². The largest absolute Gasteiger partial charge is 0.268 e. The Morgan fingerprint density at radius 1 is 1.32 bits per heavy atom. The summed E-state index contributed by atoms with van der Waals surface area (Å²) in [5.41, 5.74) is 0. The van der Waals surface area contributed by atoms with E-state index >= 15 is 0 Å². The predicted molar refractivity (Wildman–Crippen MR) is 69.7 cm³/mol. The Balaban J connectivity index is 2.21. The third-order valence-corrected chi connectivity index (χ3v) is 5.99. The van der Waals surface area contributed by atoms with Crippen LogP contribution in [0.3, 0.4) is 0 Å². The first-order valence-corrected chi connectivity index (χ1v) is 9.44. The molecule has 0 amide bonds. The van der Waals surface area contributed by atoms with Gasteiger partial charge in [-0.2, -0.15) is 5.10 Å². The van der Waals surface area contributed by atoms with Crippen molar-refractivity contribution in [1.82, 2.24) is 9.78 Å². The molecule has 0 aromatic carbocycles. The van der Waals surface area contributed by atoms with Crippen molar-refractivity contribution in [3.63, 3.8) is 0 Å². The van der Waals surface area contributed by atoms with Gasteiger partial charge in [0, 0.05) is 12.5 Å². The molecule has 0 saturated heterocycles. The van der Waals surface area contributed by atoms with E-state index in [4.69, 9.17) is 5.14 Å². The average Bonchev–Trinajstić information content (AvgIpc) is 2.77. The first kappa shape index (κ1) is 14.5. The molecule has 0 aliphatic heterocycles. The van der Waals surface area contributed by atoms with Gasteiger partial charge in [-0.15, -0.1) is 0 Å². The normalized spacial score (nSPS) is 25.4. The third-order valence-electron chi connectivity index (χ3n) is 3.48. The topological polar surface area (TPSA) is 112 Å². The maximum atomic E-state index is 11.6.